The number of rotatable bonds is 4. The van der Waals surface area contributed by atoms with E-state index in [1.165, 1.54) is 0 Å². The summed E-state index contributed by atoms with van der Waals surface area (Å²) in [5.41, 5.74) is 0. The van der Waals surface area contributed by atoms with Crippen molar-refractivity contribution < 1.29 is 131 Å². The summed E-state index contributed by atoms with van der Waals surface area (Å²) in [6, 6.07) is 0. The molecule has 0 aromatic rings. The predicted molar refractivity (Wildman–Crippen MR) is 33.1 cm³/mol. The minimum Gasteiger partial charge on any atom is -0.778 e. The molecular weight excluding hydrogens is 318 g/mol. The van der Waals surface area contributed by atoms with Crippen LogP contribution in [-0.2, 0) is 22.3 Å². The van der Waals surface area contributed by atoms with E-state index >= 15 is 0 Å². The molecule has 3 unspecified atom stereocenters. The summed E-state index contributed by atoms with van der Waals surface area (Å²) >= 11 is 0. The van der Waals surface area contributed by atoms with Gasteiger partial charge in [-0.15, -0.1) is 0 Å². The molecule has 80 valence electrons. The fourth-order valence-corrected chi connectivity index (χ4v) is 3.17. The van der Waals surface area contributed by atoms with E-state index in [4.69, 9.17) is 4.89 Å². The quantitative estimate of drug-likeness (QED) is 0.391. The second kappa shape index (κ2) is 10.2. The van der Waals surface area contributed by atoms with Gasteiger partial charge in [0.1, 0.15) is 7.60 Å². The van der Waals surface area contributed by atoms with E-state index in [0.29, 0.717) is 6.66 Å². The smallest absolute Gasteiger partial charge is 0.778 e. The number of phosphoric acid groups is 2. The zero-order chi connectivity index (χ0) is 10.9. The Morgan fingerprint density at radius 2 is 1.25 bits per heavy atom. The maximum Gasteiger partial charge on any atom is 1.00 e. The fraction of sp³-hybridized carbons (Fsp3) is 1.00. The molecule has 15 heteroatoms. The van der Waals surface area contributed by atoms with Gasteiger partial charge in [-0.1, -0.05) is 0 Å². The first-order valence-electron chi connectivity index (χ1n) is 2.47. The van der Waals surface area contributed by atoms with Gasteiger partial charge in [-0.2, -0.15) is 0 Å². The summed E-state index contributed by atoms with van der Waals surface area (Å²) in [4.78, 5) is 38.3. The van der Waals surface area contributed by atoms with Gasteiger partial charge in [-0.3, -0.25) is 13.4 Å². The summed E-state index contributed by atoms with van der Waals surface area (Å²) in [6.45, 7) is 0.383. The van der Waals surface area contributed by atoms with Crippen LogP contribution in [0.15, 0.2) is 0 Å². The summed E-state index contributed by atoms with van der Waals surface area (Å²) in [7, 11) is -15.9. The first-order valence-corrected chi connectivity index (χ1v) is 7.42. The van der Waals surface area contributed by atoms with Gasteiger partial charge in [0, 0.05) is 6.66 Å². The standard InChI is InChI=1S/CH7O9P3.3Na/c1-11(2,3)9-13(7,8)10-12(4,5)6;;;/h1H3,(H,2,3)(H,7,8)(H2,4,5,6);;;/q;3*+1/p-3. The molecule has 0 bridgehead atoms. The SMILES string of the molecule is CP(=O)([O-])OP(=O)([O-])OP(=O)([O-])O.[Na+].[Na+].[Na+]. The van der Waals surface area contributed by atoms with Crippen LogP contribution in [0.4, 0.5) is 0 Å². The molecule has 0 aromatic heterocycles. The Kier molecular flexibility index (Phi) is 17.7. The molecular formula is CH4Na3O9P3. The van der Waals surface area contributed by atoms with Gasteiger partial charge in [-0.05, 0) is 0 Å². The summed E-state index contributed by atoms with van der Waals surface area (Å²) < 4.78 is 36.6. The Morgan fingerprint density at radius 1 is 0.938 bits per heavy atom. The first-order chi connectivity index (χ1) is 5.41. The normalized spacial score (nSPS) is 20.8. The molecule has 16 heavy (non-hydrogen) atoms. The number of hydrogen-bond acceptors (Lipinski definition) is 8. The maximum absolute atomic E-state index is 10.3. The van der Waals surface area contributed by atoms with Crippen LogP contribution >= 0.6 is 23.2 Å². The molecule has 0 aliphatic heterocycles. The van der Waals surface area contributed by atoms with Crippen LogP contribution in [0, 0.1) is 0 Å². The number of hydrogen-bond donors (Lipinski definition) is 1. The van der Waals surface area contributed by atoms with Crippen LogP contribution in [0.5, 0.6) is 0 Å². The molecule has 0 aromatic carbocycles. The van der Waals surface area contributed by atoms with E-state index in [9.17, 15) is 28.4 Å². The van der Waals surface area contributed by atoms with Crippen molar-refractivity contribution in [3.63, 3.8) is 0 Å². The van der Waals surface area contributed by atoms with Gasteiger partial charge in [0.15, 0.2) is 0 Å². The van der Waals surface area contributed by atoms with Crippen LogP contribution in [-0.4, -0.2) is 11.6 Å². The van der Waals surface area contributed by atoms with Gasteiger partial charge in [0.2, 0.25) is 0 Å². The molecule has 0 radical (unpaired) electrons. The van der Waals surface area contributed by atoms with Crippen LogP contribution < -0.4 is 103 Å². The van der Waals surface area contributed by atoms with Crippen molar-refractivity contribution in [2.75, 3.05) is 6.66 Å². The summed E-state index contributed by atoms with van der Waals surface area (Å²) in [6.07, 6.45) is 0. The Labute approximate surface area is 158 Å². The van der Waals surface area contributed by atoms with Crippen LogP contribution in [0.1, 0.15) is 0 Å². The third kappa shape index (κ3) is 19.8. The van der Waals surface area contributed by atoms with E-state index in [0.717, 1.165) is 0 Å². The largest absolute Gasteiger partial charge is 1.00 e. The van der Waals surface area contributed by atoms with E-state index in [1.807, 2.05) is 0 Å². The molecule has 9 nitrogen and oxygen atoms in total. The average Bonchev–Trinajstić information content (AvgIpc) is 1.43. The van der Waals surface area contributed by atoms with Gasteiger partial charge in [-0.25, -0.2) is 4.31 Å². The van der Waals surface area contributed by atoms with Crippen molar-refractivity contribution in [2.45, 2.75) is 0 Å². The second-order valence-corrected chi connectivity index (χ2v) is 6.53. The monoisotopic (exact) mass is 322 g/mol. The Balaban J connectivity index is -0.000000240. The van der Waals surface area contributed by atoms with Crippen LogP contribution in [0.2, 0.25) is 0 Å². The Morgan fingerprint density at radius 3 is 1.44 bits per heavy atom. The zero-order valence-electron chi connectivity index (χ0n) is 9.05. The second-order valence-electron chi connectivity index (χ2n) is 1.85. The topological polar surface area (TPSA) is 159 Å². The fourth-order valence-electron chi connectivity index (χ4n) is 0.323. The van der Waals surface area contributed by atoms with Gasteiger partial charge in [0.25, 0.3) is 15.6 Å². The van der Waals surface area contributed by atoms with Crippen molar-refractivity contribution >= 4 is 23.2 Å². The maximum atomic E-state index is 10.3. The van der Waals surface area contributed by atoms with E-state index in [2.05, 4.69) is 8.62 Å². The minimum atomic E-state index is -5.59. The molecule has 0 saturated heterocycles. The van der Waals surface area contributed by atoms with Crippen LogP contribution in [0.25, 0.3) is 0 Å². The van der Waals surface area contributed by atoms with Crippen molar-refractivity contribution in [1.29, 1.82) is 0 Å². The minimum absolute atomic E-state index is 0. The van der Waals surface area contributed by atoms with E-state index in [1.54, 1.807) is 0 Å². The predicted octanol–water partition coefficient (Wildman–Crippen LogP) is -10.9. The molecule has 0 fully saturated rings. The van der Waals surface area contributed by atoms with E-state index < -0.39 is 23.2 Å². The molecule has 1 N–H and O–H groups in total. The third-order valence-electron chi connectivity index (χ3n) is 0.451. The Bertz CT molecular complexity index is 288. The van der Waals surface area contributed by atoms with Crippen molar-refractivity contribution in [1.82, 2.24) is 0 Å². The third-order valence-corrected chi connectivity index (χ3v) is 4.06. The molecule has 3 atom stereocenters. The molecule has 0 aliphatic rings. The molecule has 0 amide bonds. The van der Waals surface area contributed by atoms with E-state index in [-0.39, 0.29) is 88.7 Å². The average molecular weight is 322 g/mol. The van der Waals surface area contributed by atoms with Gasteiger partial charge in [0.05, 0.1) is 0 Å². The summed E-state index contributed by atoms with van der Waals surface area (Å²) in [5, 5.41) is 0. The zero-order valence-corrected chi connectivity index (χ0v) is 17.7. The molecule has 0 heterocycles. The first kappa shape index (κ1) is 27.7. The van der Waals surface area contributed by atoms with Crippen LogP contribution in [0.3, 0.4) is 0 Å². The summed E-state index contributed by atoms with van der Waals surface area (Å²) in [5.74, 6) is 0. The van der Waals surface area contributed by atoms with Crippen molar-refractivity contribution in [2.24, 2.45) is 0 Å². The Hall–Kier alpha value is 3.45. The molecule has 0 spiro atoms. The molecule has 0 aliphatic carbocycles. The van der Waals surface area contributed by atoms with Crippen molar-refractivity contribution in [3.05, 3.63) is 0 Å². The molecule has 0 saturated carbocycles. The van der Waals surface area contributed by atoms with Gasteiger partial charge < -0.3 is 24.1 Å². The van der Waals surface area contributed by atoms with Crippen molar-refractivity contribution in [3.8, 4) is 0 Å². The molecule has 0 rings (SSSR count). The van der Waals surface area contributed by atoms with Gasteiger partial charge >= 0.3 is 88.7 Å².